The van der Waals surface area contributed by atoms with E-state index in [2.05, 4.69) is 0 Å². The van der Waals surface area contributed by atoms with E-state index in [0.29, 0.717) is 41.0 Å². The molecule has 1 aliphatic carbocycles. The number of thioether (sulfide) groups is 1. The molecule has 0 spiro atoms. The van der Waals surface area contributed by atoms with Gasteiger partial charge in [0.1, 0.15) is 5.75 Å². The van der Waals surface area contributed by atoms with Gasteiger partial charge in [0, 0.05) is 46.4 Å². The van der Waals surface area contributed by atoms with Crippen molar-refractivity contribution >= 4 is 29.2 Å². The van der Waals surface area contributed by atoms with E-state index in [4.69, 9.17) is 4.74 Å². The Morgan fingerprint density at radius 3 is 2.46 bits per heavy atom. The van der Waals surface area contributed by atoms with Crippen LogP contribution in [0.2, 0.25) is 0 Å². The van der Waals surface area contributed by atoms with Gasteiger partial charge < -0.3 is 9.64 Å². The van der Waals surface area contributed by atoms with Crippen molar-refractivity contribution in [3.63, 3.8) is 0 Å². The van der Waals surface area contributed by atoms with E-state index in [-0.39, 0.29) is 30.1 Å². The zero-order valence-corrected chi connectivity index (χ0v) is 17.3. The van der Waals surface area contributed by atoms with Gasteiger partial charge in [-0.1, -0.05) is 18.2 Å². The standard InChI is InChI=1S/C22H25NO4S/c1-14-15(2)22(26)19(16(3)21(14)25)11-17-13-28-10-9-23(17)20(24)12-27-18-7-5-4-6-8-18/h4-8,17H,9-13H2,1-3H3. The number of ether oxygens (including phenoxy) is 1. The van der Waals surface area contributed by atoms with Crippen LogP contribution >= 0.6 is 11.8 Å². The third-order valence-electron chi connectivity index (χ3n) is 5.40. The van der Waals surface area contributed by atoms with Crippen LogP contribution in [0.1, 0.15) is 27.2 Å². The van der Waals surface area contributed by atoms with E-state index < -0.39 is 0 Å². The number of allylic oxidation sites excluding steroid dienone is 3. The number of hydrogen-bond acceptors (Lipinski definition) is 5. The third-order valence-corrected chi connectivity index (χ3v) is 6.50. The number of ketones is 2. The molecule has 1 aromatic carbocycles. The van der Waals surface area contributed by atoms with E-state index >= 15 is 0 Å². The molecule has 3 rings (SSSR count). The first kappa shape index (κ1) is 20.4. The maximum Gasteiger partial charge on any atom is 0.260 e. The van der Waals surface area contributed by atoms with Crippen molar-refractivity contribution in [3.05, 3.63) is 52.6 Å². The number of carbonyl (C=O) groups is 3. The first-order valence-electron chi connectivity index (χ1n) is 9.41. The molecule has 1 aromatic rings. The summed E-state index contributed by atoms with van der Waals surface area (Å²) < 4.78 is 5.61. The molecule has 28 heavy (non-hydrogen) atoms. The minimum absolute atomic E-state index is 0.0336. The van der Waals surface area contributed by atoms with Gasteiger partial charge in [-0.25, -0.2) is 0 Å². The summed E-state index contributed by atoms with van der Waals surface area (Å²) >= 11 is 1.77. The minimum atomic E-state index is -0.112. The van der Waals surface area contributed by atoms with Crippen LogP contribution in [0.5, 0.6) is 5.75 Å². The molecular formula is C22H25NO4S. The molecule has 1 aliphatic heterocycles. The van der Waals surface area contributed by atoms with E-state index in [9.17, 15) is 14.4 Å². The fourth-order valence-corrected chi connectivity index (χ4v) is 4.60. The Kier molecular flexibility index (Phi) is 6.39. The van der Waals surface area contributed by atoms with Crippen LogP contribution in [0, 0.1) is 0 Å². The Labute approximate surface area is 169 Å². The summed E-state index contributed by atoms with van der Waals surface area (Å²) in [4.78, 5) is 39.8. The molecule has 148 valence electrons. The summed E-state index contributed by atoms with van der Waals surface area (Å²) in [6.45, 7) is 5.70. The zero-order valence-electron chi connectivity index (χ0n) is 16.5. The minimum Gasteiger partial charge on any atom is -0.484 e. The van der Waals surface area contributed by atoms with Gasteiger partial charge in [0.2, 0.25) is 0 Å². The van der Waals surface area contributed by atoms with Gasteiger partial charge in [0.05, 0.1) is 0 Å². The number of carbonyl (C=O) groups excluding carboxylic acids is 3. The number of rotatable bonds is 5. The van der Waals surface area contributed by atoms with Crippen molar-refractivity contribution in [3.8, 4) is 5.75 Å². The largest absolute Gasteiger partial charge is 0.484 e. The van der Waals surface area contributed by atoms with E-state index in [1.54, 1.807) is 37.4 Å². The van der Waals surface area contributed by atoms with Crippen LogP contribution in [0.15, 0.2) is 52.6 Å². The predicted octanol–water partition coefficient (Wildman–Crippen LogP) is 3.20. The SMILES string of the molecule is CC1=C(C)C(=O)C(CC2CSCCN2C(=O)COc2ccccc2)=C(C)C1=O. The molecular weight excluding hydrogens is 374 g/mol. The average Bonchev–Trinajstić information content (AvgIpc) is 2.73. The number of para-hydroxylation sites is 1. The maximum absolute atomic E-state index is 12.8. The van der Waals surface area contributed by atoms with Crippen LogP contribution in [0.4, 0.5) is 0 Å². The van der Waals surface area contributed by atoms with Gasteiger partial charge >= 0.3 is 0 Å². The van der Waals surface area contributed by atoms with Gasteiger partial charge in [-0.3, -0.25) is 14.4 Å². The third kappa shape index (κ3) is 4.22. The highest BCUT2D eigenvalue weighted by molar-refractivity contribution is 7.99. The van der Waals surface area contributed by atoms with E-state index in [0.717, 1.165) is 11.5 Å². The van der Waals surface area contributed by atoms with Gasteiger partial charge in [-0.2, -0.15) is 11.8 Å². The molecule has 6 heteroatoms. The van der Waals surface area contributed by atoms with Crippen molar-refractivity contribution in [1.29, 1.82) is 0 Å². The van der Waals surface area contributed by atoms with Crippen LogP contribution in [0.25, 0.3) is 0 Å². The van der Waals surface area contributed by atoms with Crippen LogP contribution < -0.4 is 4.74 Å². The molecule has 5 nitrogen and oxygen atoms in total. The van der Waals surface area contributed by atoms with Crippen molar-refractivity contribution in [1.82, 2.24) is 4.90 Å². The molecule has 0 saturated carbocycles. The molecule has 0 aromatic heterocycles. The van der Waals surface area contributed by atoms with Gasteiger partial charge in [0.15, 0.2) is 18.2 Å². The fourth-order valence-electron chi connectivity index (χ4n) is 3.53. The lowest BCUT2D eigenvalue weighted by Gasteiger charge is -2.36. The van der Waals surface area contributed by atoms with Crippen LogP contribution in [-0.2, 0) is 14.4 Å². The maximum atomic E-state index is 12.8. The van der Waals surface area contributed by atoms with Gasteiger partial charge in [0.25, 0.3) is 5.91 Å². The first-order valence-corrected chi connectivity index (χ1v) is 10.6. The van der Waals surface area contributed by atoms with Crippen molar-refractivity contribution in [2.24, 2.45) is 0 Å². The summed E-state index contributed by atoms with van der Waals surface area (Å²) in [5.74, 6) is 2.03. The normalized spacial score (nSPS) is 20.7. The topological polar surface area (TPSA) is 63.7 Å². The summed E-state index contributed by atoms with van der Waals surface area (Å²) in [7, 11) is 0. The molecule has 1 atom stereocenters. The average molecular weight is 400 g/mol. The summed E-state index contributed by atoms with van der Waals surface area (Å²) in [6.07, 6.45) is 0.408. The van der Waals surface area contributed by atoms with E-state index in [1.165, 1.54) is 0 Å². The molecule has 0 N–H and O–H groups in total. The zero-order chi connectivity index (χ0) is 20.3. The van der Waals surface area contributed by atoms with Gasteiger partial charge in [-0.05, 0) is 39.3 Å². The van der Waals surface area contributed by atoms with Crippen LogP contribution in [-0.4, -0.2) is 53.1 Å². The Hall–Kier alpha value is -2.34. The van der Waals surface area contributed by atoms with Gasteiger partial charge in [-0.15, -0.1) is 0 Å². The van der Waals surface area contributed by atoms with Crippen molar-refractivity contribution < 1.29 is 19.1 Å². The highest BCUT2D eigenvalue weighted by Crippen LogP contribution is 2.30. The Balaban J connectivity index is 1.72. The second-order valence-electron chi connectivity index (χ2n) is 7.13. The molecule has 1 fully saturated rings. The smallest absolute Gasteiger partial charge is 0.260 e. The van der Waals surface area contributed by atoms with Crippen molar-refractivity contribution in [2.45, 2.75) is 33.2 Å². The summed E-state index contributed by atoms with van der Waals surface area (Å²) in [6, 6.07) is 9.13. The van der Waals surface area contributed by atoms with Crippen molar-refractivity contribution in [2.75, 3.05) is 24.7 Å². The lowest BCUT2D eigenvalue weighted by atomic mass is 9.83. The Morgan fingerprint density at radius 2 is 1.75 bits per heavy atom. The highest BCUT2D eigenvalue weighted by Gasteiger charge is 2.33. The monoisotopic (exact) mass is 399 g/mol. The molecule has 0 radical (unpaired) electrons. The fraction of sp³-hybridized carbons (Fsp3) is 0.409. The molecule has 2 aliphatic rings. The lowest BCUT2D eigenvalue weighted by molar-refractivity contribution is -0.135. The lowest BCUT2D eigenvalue weighted by Crippen LogP contribution is -2.48. The summed E-state index contributed by atoms with van der Waals surface area (Å²) in [5.41, 5.74) is 2.09. The summed E-state index contributed by atoms with van der Waals surface area (Å²) in [5, 5.41) is 0. The van der Waals surface area contributed by atoms with E-state index in [1.807, 2.05) is 30.3 Å². The second-order valence-corrected chi connectivity index (χ2v) is 8.28. The highest BCUT2D eigenvalue weighted by atomic mass is 32.2. The second kappa shape index (κ2) is 8.78. The molecule has 1 heterocycles. The Morgan fingerprint density at radius 1 is 1.07 bits per heavy atom. The number of nitrogens with zero attached hydrogens (tertiary/aromatic N) is 1. The Bertz CT molecular complexity index is 857. The molecule has 1 unspecified atom stereocenters. The van der Waals surface area contributed by atoms with Crippen LogP contribution in [0.3, 0.4) is 0 Å². The number of hydrogen-bond donors (Lipinski definition) is 0. The molecule has 0 bridgehead atoms. The number of benzene rings is 1. The molecule has 1 saturated heterocycles. The first-order chi connectivity index (χ1) is 13.4. The number of Topliss-reactive ketones (excluding diaryl/α,β-unsaturated/α-hetero) is 2. The number of amides is 1. The predicted molar refractivity (Wildman–Crippen MR) is 110 cm³/mol. The molecule has 1 amide bonds. The quantitative estimate of drug-likeness (QED) is 0.712.